The van der Waals surface area contributed by atoms with Gasteiger partial charge in [0.2, 0.25) is 5.91 Å². The largest absolute Gasteiger partial charge is 0.273 e. The maximum Gasteiger partial charge on any atom is 0.243 e. The summed E-state index contributed by atoms with van der Waals surface area (Å²) in [5.41, 5.74) is 3.79. The van der Waals surface area contributed by atoms with Gasteiger partial charge in [-0.25, -0.2) is 4.98 Å². The first kappa shape index (κ1) is 10.5. The Balaban J connectivity index is 2.10. The predicted octanol–water partition coefficient (Wildman–Crippen LogP) is 2.31. The second-order valence-electron chi connectivity index (χ2n) is 4.10. The number of hydrogen-bond donors (Lipinski definition) is 0. The Bertz CT molecular complexity index is 598. The van der Waals surface area contributed by atoms with E-state index >= 15 is 0 Å². The Morgan fingerprint density at radius 3 is 2.59 bits per heavy atom. The van der Waals surface area contributed by atoms with Crippen LogP contribution in [0.5, 0.6) is 0 Å². The summed E-state index contributed by atoms with van der Waals surface area (Å²) in [6, 6.07) is 3.97. The van der Waals surface area contributed by atoms with E-state index in [-0.39, 0.29) is 5.91 Å². The average molecular weight is 245 g/mol. The lowest BCUT2D eigenvalue weighted by atomic mass is 10.1. The molecule has 0 spiro atoms. The zero-order valence-electron chi connectivity index (χ0n) is 9.60. The Kier molecular flexibility index (Phi) is 2.29. The van der Waals surface area contributed by atoms with Crippen LogP contribution >= 0.6 is 11.8 Å². The van der Waals surface area contributed by atoms with Gasteiger partial charge in [-0.3, -0.25) is 14.3 Å². The zero-order chi connectivity index (χ0) is 12.0. The van der Waals surface area contributed by atoms with E-state index in [1.165, 1.54) is 11.8 Å². The number of hydrogen-bond acceptors (Lipinski definition) is 4. The van der Waals surface area contributed by atoms with Gasteiger partial charge in [-0.15, -0.1) is 0 Å². The number of fused-ring (bicyclic) bond motifs is 1. The molecule has 0 saturated carbocycles. The van der Waals surface area contributed by atoms with E-state index in [2.05, 4.69) is 9.97 Å². The lowest BCUT2D eigenvalue weighted by molar-refractivity contribution is 0.0939. The van der Waals surface area contributed by atoms with Crippen LogP contribution in [0.3, 0.4) is 0 Å². The van der Waals surface area contributed by atoms with Gasteiger partial charge in [0.05, 0.1) is 11.4 Å². The molecule has 4 nitrogen and oxygen atoms in total. The Hall–Kier alpha value is -1.62. The average Bonchev–Trinajstić information content (AvgIpc) is 2.80. The summed E-state index contributed by atoms with van der Waals surface area (Å²) in [7, 11) is 0. The van der Waals surface area contributed by atoms with Crippen LogP contribution in [-0.2, 0) is 0 Å². The topological polar surface area (TPSA) is 47.8 Å². The number of aryl methyl sites for hydroxylation is 2. The molecule has 0 aliphatic carbocycles. The minimum absolute atomic E-state index is 0.103. The Morgan fingerprint density at radius 1 is 1.24 bits per heavy atom. The van der Waals surface area contributed by atoms with Crippen molar-refractivity contribution in [1.82, 2.24) is 14.5 Å². The Morgan fingerprint density at radius 2 is 1.94 bits per heavy atom. The van der Waals surface area contributed by atoms with Crippen molar-refractivity contribution in [3.8, 4) is 11.3 Å². The lowest BCUT2D eigenvalue weighted by Gasteiger charge is -2.01. The molecule has 86 valence electrons. The smallest absolute Gasteiger partial charge is 0.243 e. The van der Waals surface area contributed by atoms with Gasteiger partial charge in [0.1, 0.15) is 0 Å². The third kappa shape index (κ3) is 1.76. The molecule has 0 bridgehead atoms. The molecule has 0 N–H and O–H groups in total. The van der Waals surface area contributed by atoms with E-state index in [9.17, 15) is 4.79 Å². The minimum Gasteiger partial charge on any atom is -0.273 e. The molecule has 0 amide bonds. The fourth-order valence-electron chi connectivity index (χ4n) is 1.96. The maximum atomic E-state index is 11.5. The molecule has 5 heteroatoms. The Labute approximate surface area is 103 Å². The number of nitrogens with zero attached hydrogens (tertiary/aromatic N) is 3. The fourth-order valence-corrected chi connectivity index (χ4v) is 2.81. The summed E-state index contributed by atoms with van der Waals surface area (Å²) in [6.45, 7) is 3.92. The second kappa shape index (κ2) is 3.70. The van der Waals surface area contributed by atoms with Crippen molar-refractivity contribution in [3.63, 3.8) is 0 Å². The SMILES string of the molecule is Cc1cc(-c2cn3c(n2)SCC3=O)cc(C)n1. The van der Waals surface area contributed by atoms with Crippen molar-refractivity contribution in [2.45, 2.75) is 19.0 Å². The number of pyridine rings is 1. The number of carbonyl (C=O) groups is 1. The summed E-state index contributed by atoms with van der Waals surface area (Å²) in [5.74, 6) is 0.600. The van der Waals surface area contributed by atoms with Crippen LogP contribution in [0.25, 0.3) is 11.3 Å². The number of thioether (sulfide) groups is 1. The molecule has 2 aromatic heterocycles. The second-order valence-corrected chi connectivity index (χ2v) is 5.04. The van der Waals surface area contributed by atoms with Crippen LogP contribution in [0, 0.1) is 13.8 Å². The van der Waals surface area contributed by atoms with Crippen molar-refractivity contribution >= 4 is 17.7 Å². The maximum absolute atomic E-state index is 11.5. The van der Waals surface area contributed by atoms with Gasteiger partial charge in [0, 0.05) is 23.1 Å². The van der Waals surface area contributed by atoms with E-state index in [0.717, 1.165) is 27.8 Å². The third-order valence-corrected chi connectivity index (χ3v) is 3.58. The van der Waals surface area contributed by atoms with Crippen molar-refractivity contribution < 1.29 is 4.79 Å². The number of rotatable bonds is 1. The van der Waals surface area contributed by atoms with Crippen molar-refractivity contribution in [2.24, 2.45) is 0 Å². The summed E-state index contributed by atoms with van der Waals surface area (Å²) in [5, 5.41) is 0.789. The summed E-state index contributed by atoms with van der Waals surface area (Å²) >= 11 is 1.49. The van der Waals surface area contributed by atoms with Gasteiger partial charge >= 0.3 is 0 Å². The highest BCUT2D eigenvalue weighted by Gasteiger charge is 2.22. The fraction of sp³-hybridized carbons (Fsp3) is 0.250. The van der Waals surface area contributed by atoms with E-state index < -0.39 is 0 Å². The van der Waals surface area contributed by atoms with E-state index in [0.29, 0.717) is 5.75 Å². The van der Waals surface area contributed by atoms with Gasteiger partial charge < -0.3 is 0 Å². The molecule has 2 aromatic rings. The number of carbonyl (C=O) groups excluding carboxylic acids is 1. The first-order valence-electron chi connectivity index (χ1n) is 5.34. The summed E-state index contributed by atoms with van der Waals surface area (Å²) < 4.78 is 1.63. The molecule has 1 aliphatic heterocycles. The van der Waals surface area contributed by atoms with Gasteiger partial charge in [0.25, 0.3) is 0 Å². The third-order valence-electron chi connectivity index (χ3n) is 2.64. The minimum atomic E-state index is 0.103. The molecule has 0 fully saturated rings. The first-order valence-corrected chi connectivity index (χ1v) is 6.33. The molecule has 0 radical (unpaired) electrons. The van der Waals surface area contributed by atoms with E-state index in [1.54, 1.807) is 4.57 Å². The van der Waals surface area contributed by atoms with Crippen LogP contribution in [0.2, 0.25) is 0 Å². The molecular formula is C12H11N3OS. The molecule has 17 heavy (non-hydrogen) atoms. The highest BCUT2D eigenvalue weighted by molar-refractivity contribution is 8.00. The number of aromatic nitrogens is 3. The highest BCUT2D eigenvalue weighted by Crippen LogP contribution is 2.29. The monoisotopic (exact) mass is 245 g/mol. The van der Waals surface area contributed by atoms with Crippen LogP contribution in [0.1, 0.15) is 16.2 Å². The zero-order valence-corrected chi connectivity index (χ0v) is 10.4. The summed E-state index contributed by atoms with van der Waals surface area (Å²) in [4.78, 5) is 20.3. The van der Waals surface area contributed by atoms with Crippen LogP contribution < -0.4 is 0 Å². The van der Waals surface area contributed by atoms with E-state index in [4.69, 9.17) is 0 Å². The van der Waals surface area contributed by atoms with Gasteiger partial charge in [0.15, 0.2) is 5.16 Å². The molecule has 0 saturated heterocycles. The lowest BCUT2D eigenvalue weighted by Crippen LogP contribution is -2.04. The van der Waals surface area contributed by atoms with Gasteiger partial charge in [-0.1, -0.05) is 11.8 Å². The normalized spacial score (nSPS) is 14.1. The standard InChI is InChI=1S/C12H11N3OS/c1-7-3-9(4-8(2)13-7)10-5-15-11(16)6-17-12(15)14-10/h3-5H,6H2,1-2H3. The molecule has 0 atom stereocenters. The molecular weight excluding hydrogens is 234 g/mol. The van der Waals surface area contributed by atoms with Crippen molar-refractivity contribution in [3.05, 3.63) is 29.7 Å². The molecule has 3 rings (SSSR count). The van der Waals surface area contributed by atoms with Gasteiger partial charge in [-0.2, -0.15) is 0 Å². The summed E-state index contributed by atoms with van der Waals surface area (Å²) in [6.07, 6.45) is 1.81. The molecule has 3 heterocycles. The quantitative estimate of drug-likeness (QED) is 0.773. The molecule has 1 aliphatic rings. The first-order chi connectivity index (χ1) is 8.13. The van der Waals surface area contributed by atoms with Crippen LogP contribution in [0.4, 0.5) is 0 Å². The predicted molar refractivity (Wildman–Crippen MR) is 66.3 cm³/mol. The van der Waals surface area contributed by atoms with Crippen LogP contribution in [0.15, 0.2) is 23.5 Å². The number of imidazole rings is 1. The van der Waals surface area contributed by atoms with Gasteiger partial charge in [-0.05, 0) is 26.0 Å². The van der Waals surface area contributed by atoms with E-state index in [1.807, 2.05) is 32.2 Å². The molecule has 0 unspecified atom stereocenters. The highest BCUT2D eigenvalue weighted by atomic mass is 32.2. The van der Waals surface area contributed by atoms with Crippen LogP contribution in [-0.4, -0.2) is 26.2 Å². The van der Waals surface area contributed by atoms with Crippen molar-refractivity contribution in [1.29, 1.82) is 0 Å². The van der Waals surface area contributed by atoms with Crippen molar-refractivity contribution in [2.75, 3.05) is 5.75 Å². The molecule has 0 aromatic carbocycles.